The van der Waals surface area contributed by atoms with E-state index >= 15 is 0 Å². The number of aliphatic imine (C=N–C) groups is 1. The van der Waals surface area contributed by atoms with Gasteiger partial charge in [0.1, 0.15) is 5.84 Å². The Bertz CT molecular complexity index is 427. The summed E-state index contributed by atoms with van der Waals surface area (Å²) in [6.07, 6.45) is 5.74. The standard InChI is InChI=1S/C12H14N4/c1-10-4-5-11(7-14-10)8-16-6-2-3-12(16)15-9-13/h4-5,7H,2-3,6,8H2,1H3. The first kappa shape index (κ1) is 10.6. The van der Waals surface area contributed by atoms with Crippen molar-refractivity contribution >= 4 is 5.84 Å². The van der Waals surface area contributed by atoms with Gasteiger partial charge in [0.25, 0.3) is 0 Å². The molecule has 1 aliphatic heterocycles. The summed E-state index contributed by atoms with van der Waals surface area (Å²) in [6, 6.07) is 4.08. The number of amidine groups is 1. The molecule has 16 heavy (non-hydrogen) atoms. The molecule has 1 aromatic heterocycles. The van der Waals surface area contributed by atoms with Crippen LogP contribution < -0.4 is 0 Å². The molecule has 0 radical (unpaired) electrons. The molecule has 1 aliphatic rings. The molecule has 1 saturated heterocycles. The van der Waals surface area contributed by atoms with E-state index in [1.165, 1.54) is 0 Å². The number of hydrogen-bond acceptors (Lipinski definition) is 3. The van der Waals surface area contributed by atoms with Crippen molar-refractivity contribution in [1.82, 2.24) is 9.88 Å². The third-order valence-corrected chi connectivity index (χ3v) is 2.72. The maximum Gasteiger partial charge on any atom is 0.207 e. The van der Waals surface area contributed by atoms with E-state index in [0.717, 1.165) is 43.0 Å². The van der Waals surface area contributed by atoms with Crippen molar-refractivity contribution in [2.45, 2.75) is 26.3 Å². The number of pyridine rings is 1. The molecule has 0 bridgehead atoms. The number of likely N-dealkylation sites (tertiary alicyclic amines) is 1. The van der Waals surface area contributed by atoms with E-state index in [-0.39, 0.29) is 0 Å². The van der Waals surface area contributed by atoms with Crippen LogP contribution in [0.1, 0.15) is 24.1 Å². The summed E-state index contributed by atoms with van der Waals surface area (Å²) in [7, 11) is 0. The molecule has 2 heterocycles. The lowest BCUT2D eigenvalue weighted by Crippen LogP contribution is -2.24. The predicted octanol–water partition coefficient (Wildman–Crippen LogP) is 1.87. The summed E-state index contributed by atoms with van der Waals surface area (Å²) >= 11 is 0. The Balaban J connectivity index is 2.07. The van der Waals surface area contributed by atoms with Crippen molar-refractivity contribution in [3.8, 4) is 6.19 Å². The van der Waals surface area contributed by atoms with Crippen molar-refractivity contribution in [2.24, 2.45) is 4.99 Å². The van der Waals surface area contributed by atoms with Gasteiger partial charge in [0, 0.05) is 31.4 Å². The SMILES string of the molecule is Cc1ccc(CN2CCCC2=NC#N)cn1. The first-order valence-electron chi connectivity index (χ1n) is 5.42. The van der Waals surface area contributed by atoms with E-state index in [2.05, 4.69) is 20.9 Å². The minimum Gasteiger partial charge on any atom is -0.355 e. The van der Waals surface area contributed by atoms with E-state index in [9.17, 15) is 0 Å². The second kappa shape index (κ2) is 4.75. The fraction of sp³-hybridized carbons (Fsp3) is 0.417. The number of nitriles is 1. The Labute approximate surface area is 95.2 Å². The van der Waals surface area contributed by atoms with Gasteiger partial charge in [-0.05, 0) is 25.0 Å². The van der Waals surface area contributed by atoms with Crippen LogP contribution >= 0.6 is 0 Å². The zero-order valence-corrected chi connectivity index (χ0v) is 9.35. The summed E-state index contributed by atoms with van der Waals surface area (Å²) in [6.45, 7) is 3.75. The molecular weight excluding hydrogens is 200 g/mol. The second-order valence-corrected chi connectivity index (χ2v) is 3.96. The molecule has 0 saturated carbocycles. The van der Waals surface area contributed by atoms with E-state index in [4.69, 9.17) is 5.26 Å². The third kappa shape index (κ3) is 2.37. The molecule has 0 N–H and O–H groups in total. The van der Waals surface area contributed by atoms with Crippen LogP contribution in [-0.4, -0.2) is 22.3 Å². The van der Waals surface area contributed by atoms with Crippen LogP contribution in [0, 0.1) is 18.4 Å². The van der Waals surface area contributed by atoms with Gasteiger partial charge in [-0.1, -0.05) is 6.07 Å². The lowest BCUT2D eigenvalue weighted by Gasteiger charge is -2.17. The lowest BCUT2D eigenvalue weighted by molar-refractivity contribution is 0.447. The molecule has 2 rings (SSSR count). The van der Waals surface area contributed by atoms with Gasteiger partial charge >= 0.3 is 0 Å². The van der Waals surface area contributed by atoms with Crippen molar-refractivity contribution in [3.05, 3.63) is 29.6 Å². The van der Waals surface area contributed by atoms with Crippen molar-refractivity contribution < 1.29 is 0 Å². The minimum absolute atomic E-state index is 0.799. The first-order chi connectivity index (χ1) is 7.79. The second-order valence-electron chi connectivity index (χ2n) is 3.96. The molecule has 1 fully saturated rings. The number of aromatic nitrogens is 1. The first-order valence-corrected chi connectivity index (χ1v) is 5.42. The largest absolute Gasteiger partial charge is 0.355 e. The van der Waals surface area contributed by atoms with Crippen molar-refractivity contribution in [1.29, 1.82) is 5.26 Å². The zero-order valence-electron chi connectivity index (χ0n) is 9.35. The van der Waals surface area contributed by atoms with Gasteiger partial charge in [-0.25, -0.2) is 0 Å². The molecule has 0 spiro atoms. The van der Waals surface area contributed by atoms with Gasteiger partial charge in [-0.3, -0.25) is 4.98 Å². The van der Waals surface area contributed by atoms with Gasteiger partial charge < -0.3 is 4.90 Å². The van der Waals surface area contributed by atoms with E-state index in [0.29, 0.717) is 0 Å². The van der Waals surface area contributed by atoms with Crippen LogP contribution in [0.3, 0.4) is 0 Å². The normalized spacial score (nSPS) is 17.8. The van der Waals surface area contributed by atoms with Crippen LogP contribution in [0.15, 0.2) is 23.3 Å². The van der Waals surface area contributed by atoms with Gasteiger partial charge in [0.05, 0.1) is 0 Å². The highest BCUT2D eigenvalue weighted by molar-refractivity contribution is 5.84. The summed E-state index contributed by atoms with van der Waals surface area (Å²) in [5.74, 6) is 0.906. The number of hydrogen-bond donors (Lipinski definition) is 0. The van der Waals surface area contributed by atoms with Crippen LogP contribution in [0.2, 0.25) is 0 Å². The van der Waals surface area contributed by atoms with Crippen LogP contribution in [0.25, 0.3) is 0 Å². The molecule has 0 amide bonds. The maximum absolute atomic E-state index is 8.57. The molecular formula is C12H14N4. The predicted molar refractivity (Wildman–Crippen MR) is 61.7 cm³/mol. The minimum atomic E-state index is 0.799. The number of rotatable bonds is 2. The smallest absolute Gasteiger partial charge is 0.207 e. The molecule has 4 nitrogen and oxygen atoms in total. The van der Waals surface area contributed by atoms with Crippen LogP contribution in [-0.2, 0) is 6.54 Å². The topological polar surface area (TPSA) is 52.3 Å². The fourth-order valence-corrected chi connectivity index (χ4v) is 1.88. The van der Waals surface area contributed by atoms with Gasteiger partial charge in [0.15, 0.2) is 0 Å². The molecule has 4 heteroatoms. The molecule has 0 unspecified atom stereocenters. The van der Waals surface area contributed by atoms with Crippen molar-refractivity contribution in [3.63, 3.8) is 0 Å². The average molecular weight is 214 g/mol. The Morgan fingerprint density at radius 1 is 1.56 bits per heavy atom. The average Bonchev–Trinajstić information content (AvgIpc) is 2.70. The molecule has 0 atom stereocenters. The van der Waals surface area contributed by atoms with Crippen molar-refractivity contribution in [2.75, 3.05) is 6.54 Å². The molecule has 1 aromatic rings. The monoisotopic (exact) mass is 214 g/mol. The summed E-state index contributed by atoms with van der Waals surface area (Å²) in [5.41, 5.74) is 2.19. The van der Waals surface area contributed by atoms with E-state index in [1.807, 2.05) is 25.4 Å². The highest BCUT2D eigenvalue weighted by atomic mass is 15.2. The van der Waals surface area contributed by atoms with Gasteiger partial charge in [-0.15, -0.1) is 0 Å². The summed E-state index contributed by atoms with van der Waals surface area (Å²) < 4.78 is 0. The Morgan fingerprint density at radius 2 is 2.44 bits per heavy atom. The van der Waals surface area contributed by atoms with Crippen LogP contribution in [0.4, 0.5) is 0 Å². The van der Waals surface area contributed by atoms with E-state index in [1.54, 1.807) is 0 Å². The molecule has 82 valence electrons. The van der Waals surface area contributed by atoms with Crippen LogP contribution in [0.5, 0.6) is 0 Å². The highest BCUT2D eigenvalue weighted by Crippen LogP contribution is 2.15. The van der Waals surface area contributed by atoms with Gasteiger partial charge in [0.2, 0.25) is 6.19 Å². The number of nitrogens with zero attached hydrogens (tertiary/aromatic N) is 4. The Kier molecular flexibility index (Phi) is 3.16. The zero-order chi connectivity index (χ0) is 11.4. The molecule has 0 aliphatic carbocycles. The Hall–Kier alpha value is -1.89. The summed E-state index contributed by atoms with van der Waals surface area (Å²) in [5, 5.41) is 8.57. The summed E-state index contributed by atoms with van der Waals surface area (Å²) in [4.78, 5) is 10.3. The Morgan fingerprint density at radius 3 is 3.12 bits per heavy atom. The fourth-order valence-electron chi connectivity index (χ4n) is 1.88. The lowest BCUT2D eigenvalue weighted by atomic mass is 10.2. The maximum atomic E-state index is 8.57. The molecule has 0 aromatic carbocycles. The number of aryl methyl sites for hydroxylation is 1. The van der Waals surface area contributed by atoms with E-state index < -0.39 is 0 Å². The highest BCUT2D eigenvalue weighted by Gasteiger charge is 2.18. The van der Waals surface area contributed by atoms with Gasteiger partial charge in [-0.2, -0.15) is 10.3 Å². The quantitative estimate of drug-likeness (QED) is 0.706. The third-order valence-electron chi connectivity index (χ3n) is 2.72.